The third-order valence-electron chi connectivity index (χ3n) is 1.66. The highest BCUT2D eigenvalue weighted by molar-refractivity contribution is 5.96. The molecule has 0 aromatic rings. The van der Waals surface area contributed by atoms with Crippen molar-refractivity contribution in [2.45, 2.75) is 26.4 Å². The van der Waals surface area contributed by atoms with E-state index in [1.165, 1.54) is 6.08 Å². The first-order valence-corrected chi connectivity index (χ1v) is 4.20. The molecule has 1 rings (SSSR count). The summed E-state index contributed by atoms with van der Waals surface area (Å²) in [4.78, 5) is 21.9. The zero-order chi connectivity index (χ0) is 9.84. The van der Waals surface area contributed by atoms with E-state index in [0.29, 0.717) is 12.4 Å². The summed E-state index contributed by atoms with van der Waals surface area (Å²) in [6.45, 7) is 3.72. The zero-order valence-electron chi connectivity index (χ0n) is 7.70. The minimum absolute atomic E-state index is 0.0456. The van der Waals surface area contributed by atoms with Gasteiger partial charge in [-0.05, 0) is 13.8 Å². The maximum Gasteiger partial charge on any atom is 0.313 e. The zero-order valence-corrected chi connectivity index (χ0v) is 7.70. The van der Waals surface area contributed by atoms with Gasteiger partial charge in [0.05, 0.1) is 6.61 Å². The van der Waals surface area contributed by atoms with E-state index >= 15 is 0 Å². The second-order valence-electron chi connectivity index (χ2n) is 2.75. The minimum Gasteiger partial charge on any atom is -0.486 e. The Morgan fingerprint density at radius 1 is 1.69 bits per heavy atom. The fourth-order valence-electron chi connectivity index (χ4n) is 1.04. The van der Waals surface area contributed by atoms with Gasteiger partial charge in [-0.1, -0.05) is 0 Å². The van der Waals surface area contributed by atoms with Crippen molar-refractivity contribution >= 4 is 11.8 Å². The first-order chi connectivity index (χ1) is 6.13. The molecule has 0 bridgehead atoms. The van der Waals surface area contributed by atoms with Crippen molar-refractivity contribution in [2.24, 2.45) is 0 Å². The van der Waals surface area contributed by atoms with Crippen LogP contribution in [0.5, 0.6) is 0 Å². The van der Waals surface area contributed by atoms with Gasteiger partial charge in [-0.25, -0.2) is 0 Å². The van der Waals surface area contributed by atoms with Crippen molar-refractivity contribution in [2.75, 3.05) is 6.61 Å². The third kappa shape index (κ3) is 2.57. The molecule has 4 nitrogen and oxygen atoms in total. The van der Waals surface area contributed by atoms with Crippen LogP contribution in [0, 0.1) is 0 Å². The lowest BCUT2D eigenvalue weighted by Gasteiger charge is -2.06. The molecular formula is C9H12O4. The van der Waals surface area contributed by atoms with Gasteiger partial charge in [0.2, 0.25) is 0 Å². The predicted octanol–water partition coefficient (Wildman–Crippen LogP) is 0.811. The molecule has 0 aliphatic carbocycles. The first-order valence-electron chi connectivity index (χ1n) is 4.20. The molecule has 0 fully saturated rings. The van der Waals surface area contributed by atoms with Gasteiger partial charge in [-0.15, -0.1) is 0 Å². The molecule has 1 heterocycles. The molecule has 4 heteroatoms. The minimum atomic E-state index is -0.454. The molecule has 13 heavy (non-hydrogen) atoms. The molecule has 0 spiro atoms. The van der Waals surface area contributed by atoms with Crippen LogP contribution in [0.15, 0.2) is 11.8 Å². The molecule has 1 aliphatic heterocycles. The van der Waals surface area contributed by atoms with Crippen LogP contribution in [0.1, 0.15) is 20.3 Å². The van der Waals surface area contributed by atoms with E-state index in [9.17, 15) is 9.59 Å². The lowest BCUT2D eigenvalue weighted by molar-refractivity contribution is -0.143. The highest BCUT2D eigenvalue weighted by Gasteiger charge is 2.23. The largest absolute Gasteiger partial charge is 0.486 e. The number of ether oxygens (including phenoxy) is 2. The number of hydrogen-bond donors (Lipinski definition) is 0. The molecule has 0 aromatic carbocycles. The first kappa shape index (κ1) is 9.77. The Bertz CT molecular complexity index is 254. The maximum atomic E-state index is 11.0. The van der Waals surface area contributed by atoms with Crippen molar-refractivity contribution in [3.05, 3.63) is 11.8 Å². The van der Waals surface area contributed by atoms with Crippen LogP contribution in [0.4, 0.5) is 0 Å². The molecule has 0 radical (unpaired) electrons. The quantitative estimate of drug-likeness (QED) is 0.609. The second kappa shape index (κ2) is 4.07. The molecule has 0 saturated heterocycles. The Morgan fingerprint density at radius 3 is 2.85 bits per heavy atom. The molecule has 72 valence electrons. The summed E-state index contributed by atoms with van der Waals surface area (Å²) in [5, 5.41) is 0. The number of rotatable bonds is 3. The Hall–Kier alpha value is -1.32. The highest BCUT2D eigenvalue weighted by Crippen LogP contribution is 2.16. The van der Waals surface area contributed by atoms with Gasteiger partial charge in [0, 0.05) is 6.08 Å². The molecule has 1 atom stereocenters. The van der Waals surface area contributed by atoms with E-state index < -0.39 is 6.10 Å². The summed E-state index contributed by atoms with van der Waals surface area (Å²) in [5.74, 6) is -0.0640. The standard InChI is InChI=1S/C9H12O4/c1-3-12-9(11)5-7-4-8(10)6(2)13-7/h4,6H,3,5H2,1-2H3. The Kier molecular flexibility index (Phi) is 3.06. The summed E-state index contributed by atoms with van der Waals surface area (Å²) in [6, 6.07) is 0. The van der Waals surface area contributed by atoms with E-state index in [4.69, 9.17) is 9.47 Å². The monoisotopic (exact) mass is 184 g/mol. The van der Waals surface area contributed by atoms with Crippen LogP contribution in [0.25, 0.3) is 0 Å². The summed E-state index contributed by atoms with van der Waals surface area (Å²) in [7, 11) is 0. The van der Waals surface area contributed by atoms with Crippen molar-refractivity contribution in [1.82, 2.24) is 0 Å². The van der Waals surface area contributed by atoms with Crippen LogP contribution >= 0.6 is 0 Å². The number of esters is 1. The van der Waals surface area contributed by atoms with Crippen molar-refractivity contribution in [1.29, 1.82) is 0 Å². The van der Waals surface area contributed by atoms with Gasteiger partial charge in [-0.3, -0.25) is 9.59 Å². The molecule has 1 aliphatic rings. The lowest BCUT2D eigenvalue weighted by atomic mass is 10.2. The summed E-state index contributed by atoms with van der Waals surface area (Å²) >= 11 is 0. The van der Waals surface area contributed by atoms with Gasteiger partial charge >= 0.3 is 5.97 Å². The number of ketones is 1. The molecule has 0 N–H and O–H groups in total. The Balaban J connectivity index is 2.43. The fourth-order valence-corrected chi connectivity index (χ4v) is 1.04. The maximum absolute atomic E-state index is 11.0. The van der Waals surface area contributed by atoms with Crippen LogP contribution in [0.3, 0.4) is 0 Å². The Morgan fingerprint density at radius 2 is 2.38 bits per heavy atom. The van der Waals surface area contributed by atoms with Gasteiger partial charge in [-0.2, -0.15) is 0 Å². The average Bonchev–Trinajstić information content (AvgIpc) is 2.31. The highest BCUT2D eigenvalue weighted by atomic mass is 16.5. The van der Waals surface area contributed by atoms with Gasteiger partial charge in [0.1, 0.15) is 12.2 Å². The fraction of sp³-hybridized carbons (Fsp3) is 0.556. The second-order valence-corrected chi connectivity index (χ2v) is 2.75. The molecule has 0 aromatic heterocycles. The third-order valence-corrected chi connectivity index (χ3v) is 1.66. The lowest BCUT2D eigenvalue weighted by Crippen LogP contribution is -2.11. The molecule has 1 unspecified atom stereocenters. The summed E-state index contributed by atoms with van der Waals surface area (Å²) < 4.78 is 9.80. The SMILES string of the molecule is CCOC(=O)CC1=CC(=O)C(C)O1. The van der Waals surface area contributed by atoms with Crippen molar-refractivity contribution in [3.8, 4) is 0 Å². The molecule has 0 saturated carbocycles. The smallest absolute Gasteiger partial charge is 0.313 e. The van der Waals surface area contributed by atoms with Crippen LogP contribution in [0.2, 0.25) is 0 Å². The van der Waals surface area contributed by atoms with Gasteiger partial charge in [0.25, 0.3) is 0 Å². The van der Waals surface area contributed by atoms with Crippen LogP contribution < -0.4 is 0 Å². The van der Waals surface area contributed by atoms with E-state index in [0.717, 1.165) is 0 Å². The van der Waals surface area contributed by atoms with Crippen LogP contribution in [-0.2, 0) is 19.1 Å². The van der Waals surface area contributed by atoms with Gasteiger partial charge < -0.3 is 9.47 Å². The van der Waals surface area contributed by atoms with E-state index in [1.54, 1.807) is 13.8 Å². The van der Waals surface area contributed by atoms with Gasteiger partial charge in [0.15, 0.2) is 11.9 Å². The number of carbonyl (C=O) groups is 2. The van der Waals surface area contributed by atoms with E-state index in [-0.39, 0.29) is 18.2 Å². The summed E-state index contributed by atoms with van der Waals surface area (Å²) in [6.07, 6.45) is 0.940. The van der Waals surface area contributed by atoms with Crippen molar-refractivity contribution in [3.63, 3.8) is 0 Å². The number of carbonyl (C=O) groups excluding carboxylic acids is 2. The normalized spacial score (nSPS) is 20.9. The van der Waals surface area contributed by atoms with E-state index in [1.807, 2.05) is 0 Å². The molecular weight excluding hydrogens is 172 g/mol. The van der Waals surface area contributed by atoms with Crippen LogP contribution in [-0.4, -0.2) is 24.5 Å². The average molecular weight is 184 g/mol. The number of hydrogen-bond acceptors (Lipinski definition) is 4. The molecule has 0 amide bonds. The van der Waals surface area contributed by atoms with Crippen molar-refractivity contribution < 1.29 is 19.1 Å². The Labute approximate surface area is 76.5 Å². The van der Waals surface area contributed by atoms with E-state index in [2.05, 4.69) is 0 Å². The topological polar surface area (TPSA) is 52.6 Å². The summed E-state index contributed by atoms with van der Waals surface area (Å²) in [5.41, 5.74) is 0. The predicted molar refractivity (Wildman–Crippen MR) is 44.9 cm³/mol.